The number of aliphatic imine (C=N–C) groups is 3. The molecule has 0 bridgehead atoms. The van der Waals surface area contributed by atoms with Gasteiger partial charge in [0, 0.05) is 26.1 Å². The van der Waals surface area contributed by atoms with Gasteiger partial charge in [-0.15, -0.1) is 0 Å². The molecule has 1 aliphatic rings. The van der Waals surface area contributed by atoms with Crippen molar-refractivity contribution in [2.24, 2.45) is 72.9 Å². The zero-order chi connectivity index (χ0) is 56.9. The van der Waals surface area contributed by atoms with Crippen molar-refractivity contribution in [3.05, 3.63) is 35.9 Å². The molecule has 0 saturated carbocycles. The molecule has 0 aromatic heterocycles. The van der Waals surface area contributed by atoms with Crippen LogP contribution in [-0.4, -0.2) is 140 Å². The van der Waals surface area contributed by atoms with Gasteiger partial charge in [0.05, 0.1) is 6.04 Å². The summed E-state index contributed by atoms with van der Waals surface area (Å²) in [6, 6.07) is 0.228. The summed E-state index contributed by atoms with van der Waals surface area (Å²) in [5, 5.41) is 22.5. The van der Waals surface area contributed by atoms with Gasteiger partial charge in [-0.2, -0.15) is 0 Å². The molecule has 2 rings (SSSR count). The normalized spacial score (nSPS) is 15.8. The molecule has 76 heavy (non-hydrogen) atoms. The lowest BCUT2D eigenvalue weighted by molar-refractivity contribution is -0.136. The van der Waals surface area contributed by atoms with E-state index in [0.717, 1.165) is 12.0 Å². The predicted octanol–water partition coefficient (Wildman–Crippen LogP) is -2.84. The van der Waals surface area contributed by atoms with Gasteiger partial charge in [0.2, 0.25) is 47.3 Å². The Kier molecular flexibility index (Phi) is 29.3. The summed E-state index contributed by atoms with van der Waals surface area (Å²) in [6.07, 6.45) is 2.65. The molecule has 0 unspecified atom stereocenters. The van der Waals surface area contributed by atoms with Crippen LogP contribution in [0.4, 0.5) is 0 Å². The zero-order valence-corrected chi connectivity index (χ0v) is 45.2. The molecular formula is C50H88N18O8. The minimum atomic E-state index is -1.31. The van der Waals surface area contributed by atoms with Crippen LogP contribution in [0.5, 0.6) is 0 Å². The van der Waals surface area contributed by atoms with Gasteiger partial charge in [0.15, 0.2) is 17.9 Å². The van der Waals surface area contributed by atoms with Crippen molar-refractivity contribution in [2.75, 3.05) is 26.2 Å². The van der Waals surface area contributed by atoms with E-state index in [4.69, 9.17) is 40.1 Å². The van der Waals surface area contributed by atoms with E-state index in [1.807, 2.05) is 71.9 Å². The van der Waals surface area contributed by atoms with Gasteiger partial charge in [0.1, 0.15) is 42.3 Å². The van der Waals surface area contributed by atoms with Gasteiger partial charge in [0.25, 0.3) is 0 Å². The van der Waals surface area contributed by atoms with Gasteiger partial charge in [-0.05, 0) is 100 Å². The largest absolute Gasteiger partial charge is 0.370 e. The van der Waals surface area contributed by atoms with Gasteiger partial charge in [-0.3, -0.25) is 53.3 Å². The second-order valence-electron chi connectivity index (χ2n) is 20.4. The van der Waals surface area contributed by atoms with Crippen molar-refractivity contribution in [3.63, 3.8) is 0 Å². The SMILES string of the molecule is CC(C)C[C@H](NC(=O)[C@H](CCCN=C(N)N)NC(=O)[C@H](CC(C)C)NC(=O)[C@H](CCCN=C(N)N)NC(=O)[C@H](CC(C)C)NC(=O)[C@H](CCCN=C(N)N)NC(=O)[C@H](Cc1ccccc1)NC(=O)[C@@H]1CCCN1)C(N)=O. The number of benzene rings is 1. The molecule has 8 amide bonds. The molecule has 0 aliphatic carbocycles. The average molecular weight is 1070 g/mol. The number of amides is 8. The first-order valence-corrected chi connectivity index (χ1v) is 26.2. The fourth-order valence-corrected chi connectivity index (χ4v) is 8.31. The molecule has 1 aromatic carbocycles. The zero-order valence-electron chi connectivity index (χ0n) is 45.2. The number of hydrogen-bond donors (Lipinski definition) is 15. The average Bonchev–Trinajstić information content (AvgIpc) is 3.88. The number of nitrogens with two attached hydrogens (primary N) is 7. The Balaban J connectivity index is 2.49. The number of hydrogen-bond acceptors (Lipinski definition) is 12. The second-order valence-corrected chi connectivity index (χ2v) is 20.4. The first-order valence-electron chi connectivity index (χ1n) is 26.2. The van der Waals surface area contributed by atoms with Gasteiger partial charge in [-0.1, -0.05) is 71.9 Å². The van der Waals surface area contributed by atoms with Crippen LogP contribution in [-0.2, 0) is 44.8 Å². The first-order chi connectivity index (χ1) is 35.9. The molecule has 1 fully saturated rings. The number of guanidine groups is 3. The van der Waals surface area contributed by atoms with Crippen LogP contribution in [0.2, 0.25) is 0 Å². The maximum Gasteiger partial charge on any atom is 0.243 e. The minimum Gasteiger partial charge on any atom is -0.370 e. The quantitative estimate of drug-likeness (QED) is 0.0185. The number of primary amides is 1. The third-order valence-corrected chi connectivity index (χ3v) is 12.1. The van der Waals surface area contributed by atoms with Crippen LogP contribution < -0.4 is 82.7 Å². The van der Waals surface area contributed by atoms with E-state index in [9.17, 15) is 38.4 Å². The van der Waals surface area contributed by atoms with Crippen LogP contribution in [0, 0.1) is 17.8 Å². The molecule has 1 saturated heterocycles. The number of nitrogens with one attached hydrogen (secondary N) is 8. The number of carbonyl (C=O) groups is 8. The third kappa shape index (κ3) is 26.3. The lowest BCUT2D eigenvalue weighted by Gasteiger charge is -2.29. The predicted molar refractivity (Wildman–Crippen MR) is 292 cm³/mol. The van der Waals surface area contributed by atoms with Crippen LogP contribution in [0.1, 0.15) is 118 Å². The number of carbonyl (C=O) groups excluding carboxylic acids is 8. The van der Waals surface area contributed by atoms with Crippen LogP contribution in [0.15, 0.2) is 45.3 Å². The molecule has 1 aliphatic heterocycles. The van der Waals surface area contributed by atoms with E-state index in [0.29, 0.717) is 13.0 Å². The van der Waals surface area contributed by atoms with E-state index < -0.39 is 89.7 Å². The Hall–Kier alpha value is -7.25. The van der Waals surface area contributed by atoms with Crippen LogP contribution >= 0.6 is 0 Å². The third-order valence-electron chi connectivity index (χ3n) is 12.1. The summed E-state index contributed by atoms with van der Waals surface area (Å²) in [5.41, 5.74) is 39.6. The summed E-state index contributed by atoms with van der Waals surface area (Å²) in [4.78, 5) is 123. The van der Waals surface area contributed by atoms with Crippen LogP contribution in [0.25, 0.3) is 0 Å². The highest BCUT2D eigenvalue weighted by Gasteiger charge is 2.35. The Bertz CT molecular complexity index is 2120. The van der Waals surface area contributed by atoms with E-state index >= 15 is 0 Å². The van der Waals surface area contributed by atoms with Crippen LogP contribution in [0.3, 0.4) is 0 Å². The summed E-state index contributed by atoms with van der Waals surface area (Å²) in [7, 11) is 0. The van der Waals surface area contributed by atoms with E-state index in [2.05, 4.69) is 57.5 Å². The van der Waals surface area contributed by atoms with Crippen molar-refractivity contribution in [1.82, 2.24) is 42.5 Å². The highest BCUT2D eigenvalue weighted by molar-refractivity contribution is 5.98. The number of nitrogens with zero attached hydrogens (tertiary/aromatic N) is 3. The molecule has 26 nitrogen and oxygen atoms in total. The number of rotatable bonds is 35. The Morgan fingerprint density at radius 2 is 0.829 bits per heavy atom. The lowest BCUT2D eigenvalue weighted by atomic mass is 9.99. The summed E-state index contributed by atoms with van der Waals surface area (Å²) < 4.78 is 0. The summed E-state index contributed by atoms with van der Waals surface area (Å²) in [5.74, 6) is -6.30. The van der Waals surface area contributed by atoms with Gasteiger partial charge < -0.3 is 82.7 Å². The van der Waals surface area contributed by atoms with Crippen molar-refractivity contribution >= 4 is 65.1 Å². The molecule has 22 N–H and O–H groups in total. The fourth-order valence-electron chi connectivity index (χ4n) is 8.31. The van der Waals surface area contributed by atoms with Crippen molar-refractivity contribution < 1.29 is 38.4 Å². The monoisotopic (exact) mass is 1070 g/mol. The molecule has 0 spiro atoms. The Morgan fingerprint density at radius 1 is 0.487 bits per heavy atom. The standard InChI is InChI=1S/C50H88N18O8/c1-28(2)24-36(40(51)69)65-42(71)33(17-11-21-59-48(52)53)62-45(74)37(25-29(3)4)66-43(72)34(18-12-22-60-49(54)55)63-46(75)38(26-30(5)6)67-44(73)35(19-13-23-61-50(56)57)64-47(76)39(27-31-14-8-7-9-15-31)68-41(70)32-16-10-20-58-32/h7-9,14-15,28-30,32-39,58H,10-13,16-27H2,1-6H3,(H2,51,69)(H,62,74)(H,63,75)(H,64,76)(H,65,71)(H,66,72)(H,67,73)(H,68,70)(H4,52,53,59)(H4,54,55,60)(H4,56,57,61)/t32-,33-,34-,35-,36-,37-,38-,39-/m0/s1. The first kappa shape index (κ1) is 64.9. The molecule has 1 heterocycles. The van der Waals surface area contributed by atoms with Gasteiger partial charge >= 0.3 is 0 Å². The smallest absolute Gasteiger partial charge is 0.243 e. The molecule has 426 valence electrons. The molecular weight excluding hydrogens is 981 g/mol. The van der Waals surface area contributed by atoms with Crippen molar-refractivity contribution in [3.8, 4) is 0 Å². The highest BCUT2D eigenvalue weighted by Crippen LogP contribution is 2.14. The van der Waals surface area contributed by atoms with Crippen molar-refractivity contribution in [2.45, 2.75) is 167 Å². The Morgan fingerprint density at radius 3 is 1.17 bits per heavy atom. The van der Waals surface area contributed by atoms with E-state index in [1.54, 1.807) is 0 Å². The van der Waals surface area contributed by atoms with Crippen molar-refractivity contribution in [1.29, 1.82) is 0 Å². The summed E-state index contributed by atoms with van der Waals surface area (Å²) >= 11 is 0. The molecule has 0 radical (unpaired) electrons. The fraction of sp³-hybridized carbons (Fsp3) is 0.660. The lowest BCUT2D eigenvalue weighted by Crippen LogP contribution is -2.60. The molecule has 1 aromatic rings. The topological polar surface area (TPSA) is 452 Å². The van der Waals surface area contributed by atoms with Gasteiger partial charge in [-0.25, -0.2) is 0 Å². The van der Waals surface area contributed by atoms with E-state index in [1.165, 1.54) is 0 Å². The molecule has 8 atom stereocenters. The molecule has 26 heteroatoms. The second kappa shape index (κ2) is 34.3. The maximum absolute atomic E-state index is 14.5. The highest BCUT2D eigenvalue weighted by atomic mass is 16.2. The minimum absolute atomic E-state index is 0.00956. The maximum atomic E-state index is 14.5. The Labute approximate surface area is 446 Å². The summed E-state index contributed by atoms with van der Waals surface area (Å²) in [6.45, 7) is 12.0. The van der Waals surface area contributed by atoms with E-state index in [-0.39, 0.29) is 125 Å².